The van der Waals surface area contributed by atoms with Crippen LogP contribution in [0.3, 0.4) is 0 Å². The summed E-state index contributed by atoms with van der Waals surface area (Å²) in [4.78, 5) is 22.9. The Labute approximate surface area is 175 Å². The molecule has 7 heteroatoms. The van der Waals surface area contributed by atoms with Crippen molar-refractivity contribution in [2.45, 2.75) is 83.9 Å². The van der Waals surface area contributed by atoms with Gasteiger partial charge in [-0.25, -0.2) is 4.79 Å². The van der Waals surface area contributed by atoms with Crippen LogP contribution in [0.25, 0.3) is 0 Å². The second-order valence-electron chi connectivity index (χ2n) is 8.72. The smallest absolute Gasteiger partial charge is 0.410 e. The normalized spacial score (nSPS) is 16.2. The lowest BCUT2D eigenvalue weighted by molar-refractivity contribution is 0.0232. The average Bonchev–Trinajstić information content (AvgIpc) is 2.92. The van der Waals surface area contributed by atoms with Crippen LogP contribution in [0.15, 0.2) is 29.5 Å². The predicted octanol–water partition coefficient (Wildman–Crippen LogP) is 3.84. The molecule has 162 valence electrons. The van der Waals surface area contributed by atoms with Gasteiger partial charge in [-0.15, -0.1) is 0 Å². The molecule has 0 aliphatic heterocycles. The standard InChI is InChI=1S/C22H37N5O2/c1-22(2,3)29-21(28)27(17-18-10-8-13-24-16-18)15-9-14-25-20(23)26-19-11-6-4-5-7-12-19/h8,10,13,16,19H,4-7,9,11-12,14-15,17H2,1-3H3,(H3,23,25,26). The highest BCUT2D eigenvalue weighted by Crippen LogP contribution is 2.17. The number of rotatable bonds is 7. The second kappa shape index (κ2) is 11.6. The third-order valence-corrected chi connectivity index (χ3v) is 4.82. The van der Waals surface area contributed by atoms with Gasteiger partial charge >= 0.3 is 6.09 Å². The minimum Gasteiger partial charge on any atom is -0.444 e. The van der Waals surface area contributed by atoms with Gasteiger partial charge in [0.2, 0.25) is 0 Å². The van der Waals surface area contributed by atoms with Gasteiger partial charge in [0.25, 0.3) is 0 Å². The van der Waals surface area contributed by atoms with E-state index >= 15 is 0 Å². The number of nitrogens with one attached hydrogen (secondary N) is 1. The Balaban J connectivity index is 1.84. The van der Waals surface area contributed by atoms with Crippen molar-refractivity contribution >= 4 is 12.1 Å². The van der Waals surface area contributed by atoms with Crippen LogP contribution in [0, 0.1) is 0 Å². The minimum absolute atomic E-state index is 0.324. The van der Waals surface area contributed by atoms with Crippen molar-refractivity contribution in [3.05, 3.63) is 30.1 Å². The highest BCUT2D eigenvalue weighted by molar-refractivity contribution is 5.78. The lowest BCUT2D eigenvalue weighted by atomic mass is 10.1. The van der Waals surface area contributed by atoms with Gasteiger partial charge in [0.1, 0.15) is 5.60 Å². The summed E-state index contributed by atoms with van der Waals surface area (Å²) in [6.45, 7) is 7.19. The minimum atomic E-state index is -0.532. The molecule has 29 heavy (non-hydrogen) atoms. The van der Waals surface area contributed by atoms with Crippen molar-refractivity contribution in [3.8, 4) is 0 Å². The molecule has 1 aliphatic carbocycles. The van der Waals surface area contributed by atoms with Gasteiger partial charge in [0.05, 0.1) is 6.54 Å². The Hall–Kier alpha value is -2.31. The van der Waals surface area contributed by atoms with Crippen molar-refractivity contribution < 1.29 is 9.53 Å². The van der Waals surface area contributed by atoms with Crippen LogP contribution >= 0.6 is 0 Å². The number of ether oxygens (including phenoxy) is 1. The molecule has 1 aromatic rings. The maximum atomic E-state index is 12.6. The molecular weight excluding hydrogens is 366 g/mol. The molecule has 0 unspecified atom stereocenters. The molecule has 3 N–H and O–H groups in total. The number of aliphatic imine (C=N–C) groups is 1. The van der Waals surface area contributed by atoms with Crippen molar-refractivity contribution in [1.29, 1.82) is 0 Å². The Morgan fingerprint density at radius 2 is 2.03 bits per heavy atom. The van der Waals surface area contributed by atoms with Gasteiger partial charge < -0.3 is 20.7 Å². The first-order chi connectivity index (χ1) is 13.8. The molecule has 0 aromatic carbocycles. The molecule has 2 rings (SSSR count). The number of carbonyl (C=O) groups excluding carboxylic acids is 1. The quantitative estimate of drug-likeness (QED) is 0.312. The predicted molar refractivity (Wildman–Crippen MR) is 117 cm³/mol. The van der Waals surface area contributed by atoms with Crippen molar-refractivity contribution in [2.75, 3.05) is 13.1 Å². The zero-order chi connectivity index (χ0) is 21.1. The summed E-state index contributed by atoms with van der Waals surface area (Å²) >= 11 is 0. The highest BCUT2D eigenvalue weighted by atomic mass is 16.6. The fourth-order valence-corrected chi connectivity index (χ4v) is 3.41. The number of guanidine groups is 1. The molecule has 0 saturated heterocycles. The van der Waals surface area contributed by atoms with Gasteiger partial charge in [-0.05, 0) is 51.7 Å². The molecule has 0 spiro atoms. The van der Waals surface area contributed by atoms with E-state index in [0.29, 0.717) is 38.1 Å². The van der Waals surface area contributed by atoms with E-state index in [1.54, 1.807) is 17.3 Å². The molecule has 0 bridgehead atoms. The first kappa shape index (κ1) is 23.0. The van der Waals surface area contributed by atoms with E-state index < -0.39 is 5.60 Å². The summed E-state index contributed by atoms with van der Waals surface area (Å²) in [5.41, 5.74) is 6.50. The number of nitrogens with zero attached hydrogens (tertiary/aromatic N) is 3. The lowest BCUT2D eigenvalue weighted by Gasteiger charge is -2.27. The van der Waals surface area contributed by atoms with E-state index in [0.717, 1.165) is 18.4 Å². The van der Waals surface area contributed by atoms with Gasteiger partial charge in [0.15, 0.2) is 5.96 Å². The summed E-state index contributed by atoms with van der Waals surface area (Å²) in [5, 5.41) is 3.35. The molecule has 0 radical (unpaired) electrons. The topological polar surface area (TPSA) is 92.8 Å². The third kappa shape index (κ3) is 9.63. The Bertz CT molecular complexity index is 634. The van der Waals surface area contributed by atoms with Crippen molar-refractivity contribution in [1.82, 2.24) is 15.2 Å². The van der Waals surface area contributed by atoms with Crippen LogP contribution in [0.4, 0.5) is 4.79 Å². The van der Waals surface area contributed by atoms with Gasteiger partial charge in [-0.1, -0.05) is 31.7 Å². The molecule has 1 saturated carbocycles. The summed E-state index contributed by atoms with van der Waals surface area (Å²) in [5.74, 6) is 0.507. The molecule has 0 atom stereocenters. The van der Waals surface area contributed by atoms with Crippen LogP contribution in [-0.2, 0) is 11.3 Å². The Kier molecular flexibility index (Phi) is 9.22. The van der Waals surface area contributed by atoms with Crippen LogP contribution in [0.1, 0.15) is 71.3 Å². The SMILES string of the molecule is CC(C)(C)OC(=O)N(CCCN=C(N)NC1CCCCCC1)Cc1cccnc1. The monoisotopic (exact) mass is 403 g/mol. The van der Waals surface area contributed by atoms with Crippen LogP contribution in [0.2, 0.25) is 0 Å². The Morgan fingerprint density at radius 1 is 1.31 bits per heavy atom. The second-order valence-corrected chi connectivity index (χ2v) is 8.72. The first-order valence-corrected chi connectivity index (χ1v) is 10.8. The van der Waals surface area contributed by atoms with E-state index in [-0.39, 0.29) is 6.09 Å². The summed E-state index contributed by atoms with van der Waals surface area (Å²) in [6, 6.07) is 4.26. The van der Waals surface area contributed by atoms with Gasteiger partial charge in [-0.3, -0.25) is 9.98 Å². The molecule has 1 aliphatic rings. The van der Waals surface area contributed by atoms with E-state index in [1.165, 1.54) is 25.7 Å². The molecule has 1 amide bonds. The average molecular weight is 404 g/mol. The summed E-state index contributed by atoms with van der Waals surface area (Å²) < 4.78 is 5.56. The molecule has 1 aromatic heterocycles. The fraction of sp³-hybridized carbons (Fsp3) is 0.682. The van der Waals surface area contributed by atoms with E-state index in [1.807, 2.05) is 32.9 Å². The molecule has 7 nitrogen and oxygen atoms in total. The number of carbonyl (C=O) groups is 1. The van der Waals surface area contributed by atoms with E-state index in [2.05, 4.69) is 15.3 Å². The van der Waals surface area contributed by atoms with Crippen molar-refractivity contribution in [2.24, 2.45) is 10.7 Å². The van der Waals surface area contributed by atoms with Crippen LogP contribution < -0.4 is 11.1 Å². The fourth-order valence-electron chi connectivity index (χ4n) is 3.41. The zero-order valence-electron chi connectivity index (χ0n) is 18.2. The first-order valence-electron chi connectivity index (χ1n) is 10.8. The maximum Gasteiger partial charge on any atom is 0.410 e. The van der Waals surface area contributed by atoms with Gasteiger partial charge in [-0.2, -0.15) is 0 Å². The number of pyridine rings is 1. The van der Waals surface area contributed by atoms with Crippen molar-refractivity contribution in [3.63, 3.8) is 0 Å². The zero-order valence-corrected chi connectivity index (χ0v) is 18.2. The number of aromatic nitrogens is 1. The van der Waals surface area contributed by atoms with E-state index in [4.69, 9.17) is 10.5 Å². The van der Waals surface area contributed by atoms with Crippen LogP contribution in [-0.4, -0.2) is 46.7 Å². The summed E-state index contributed by atoms with van der Waals surface area (Å²) in [7, 11) is 0. The van der Waals surface area contributed by atoms with Gasteiger partial charge in [0, 0.05) is 31.5 Å². The maximum absolute atomic E-state index is 12.6. The van der Waals surface area contributed by atoms with E-state index in [9.17, 15) is 4.79 Å². The molecule has 1 fully saturated rings. The molecule has 1 heterocycles. The largest absolute Gasteiger partial charge is 0.444 e. The number of nitrogens with two attached hydrogens (primary N) is 1. The third-order valence-electron chi connectivity index (χ3n) is 4.82. The Morgan fingerprint density at radius 3 is 2.66 bits per heavy atom. The number of hydrogen-bond donors (Lipinski definition) is 2. The highest BCUT2D eigenvalue weighted by Gasteiger charge is 2.22. The number of hydrogen-bond acceptors (Lipinski definition) is 4. The molecular formula is C22H37N5O2. The summed E-state index contributed by atoms with van der Waals surface area (Å²) in [6.07, 6.45) is 11.3. The van der Waals surface area contributed by atoms with Crippen LogP contribution in [0.5, 0.6) is 0 Å². The lowest BCUT2D eigenvalue weighted by Crippen LogP contribution is -2.40. The number of amides is 1.